The summed E-state index contributed by atoms with van der Waals surface area (Å²) in [5, 5.41) is 10.7. The minimum absolute atomic E-state index is 0.155. The van der Waals surface area contributed by atoms with Gasteiger partial charge in [0.15, 0.2) is 0 Å². The van der Waals surface area contributed by atoms with Crippen molar-refractivity contribution >= 4 is 5.69 Å². The van der Waals surface area contributed by atoms with Crippen molar-refractivity contribution in [1.29, 1.82) is 0 Å². The second-order valence-corrected chi connectivity index (χ2v) is 6.82. The van der Waals surface area contributed by atoms with Crippen molar-refractivity contribution < 1.29 is 4.92 Å². The van der Waals surface area contributed by atoms with Crippen LogP contribution in [0.3, 0.4) is 0 Å². The number of nitrogens with two attached hydrogens (primary N) is 1. The molecule has 2 N–H and O–H groups in total. The highest BCUT2D eigenvalue weighted by atomic mass is 16.6. The molecule has 5 heteroatoms. The second kappa shape index (κ2) is 7.70. The first-order valence-electron chi connectivity index (χ1n) is 8.18. The van der Waals surface area contributed by atoms with Gasteiger partial charge in [0.1, 0.15) is 0 Å². The summed E-state index contributed by atoms with van der Waals surface area (Å²) in [5.74, 6) is 0.605. The van der Waals surface area contributed by atoms with Gasteiger partial charge in [0.05, 0.1) is 4.92 Å². The molecular formula is C17H27N3O2. The average Bonchev–Trinajstić information content (AvgIpc) is 2.47. The Morgan fingerprint density at radius 2 is 1.82 bits per heavy atom. The first-order chi connectivity index (χ1) is 10.5. The first kappa shape index (κ1) is 16.9. The molecule has 0 atom stereocenters. The van der Waals surface area contributed by atoms with E-state index in [9.17, 15) is 10.1 Å². The lowest BCUT2D eigenvalue weighted by atomic mass is 9.90. The molecule has 0 aromatic heterocycles. The predicted molar refractivity (Wildman–Crippen MR) is 88.6 cm³/mol. The maximum absolute atomic E-state index is 10.7. The SMILES string of the molecule is CC(C)CN(Cc1ccc([N+](=O)[O-])cc1)C1CCC(N)CC1. The van der Waals surface area contributed by atoms with Crippen LogP contribution in [0.1, 0.15) is 45.1 Å². The van der Waals surface area contributed by atoms with Gasteiger partial charge in [-0.1, -0.05) is 26.0 Å². The standard InChI is InChI=1S/C17H27N3O2/c1-13(2)11-19(16-9-5-15(18)6-10-16)12-14-3-7-17(8-4-14)20(21)22/h3-4,7-8,13,15-16H,5-6,9-12,18H2,1-2H3. The molecule has 1 aromatic carbocycles. The second-order valence-electron chi connectivity index (χ2n) is 6.82. The summed E-state index contributed by atoms with van der Waals surface area (Å²) in [6, 6.07) is 7.88. The van der Waals surface area contributed by atoms with E-state index in [2.05, 4.69) is 18.7 Å². The Hall–Kier alpha value is -1.46. The molecule has 0 aliphatic heterocycles. The van der Waals surface area contributed by atoms with Gasteiger partial charge in [0, 0.05) is 37.3 Å². The Balaban J connectivity index is 2.04. The maximum atomic E-state index is 10.7. The van der Waals surface area contributed by atoms with Crippen LogP contribution in [0.5, 0.6) is 0 Å². The van der Waals surface area contributed by atoms with Crippen molar-refractivity contribution in [1.82, 2.24) is 4.90 Å². The smallest absolute Gasteiger partial charge is 0.269 e. The summed E-state index contributed by atoms with van der Waals surface area (Å²) < 4.78 is 0. The van der Waals surface area contributed by atoms with E-state index in [4.69, 9.17) is 5.73 Å². The van der Waals surface area contributed by atoms with Crippen LogP contribution >= 0.6 is 0 Å². The van der Waals surface area contributed by atoms with E-state index < -0.39 is 0 Å². The molecular weight excluding hydrogens is 278 g/mol. The quantitative estimate of drug-likeness (QED) is 0.646. The number of nitrogens with zero attached hydrogens (tertiary/aromatic N) is 2. The molecule has 1 aromatic rings. The third kappa shape index (κ3) is 4.78. The largest absolute Gasteiger partial charge is 0.328 e. The van der Waals surface area contributed by atoms with Gasteiger partial charge >= 0.3 is 0 Å². The Kier molecular flexibility index (Phi) is 5.91. The summed E-state index contributed by atoms with van der Waals surface area (Å²) >= 11 is 0. The molecule has 0 heterocycles. The predicted octanol–water partition coefficient (Wildman–Crippen LogP) is 3.32. The van der Waals surface area contributed by atoms with Crippen molar-refractivity contribution in [2.75, 3.05) is 6.54 Å². The average molecular weight is 305 g/mol. The van der Waals surface area contributed by atoms with Crippen molar-refractivity contribution in [3.63, 3.8) is 0 Å². The van der Waals surface area contributed by atoms with Gasteiger partial charge in [-0.3, -0.25) is 15.0 Å². The molecule has 0 unspecified atom stereocenters. The fraction of sp³-hybridized carbons (Fsp3) is 0.647. The van der Waals surface area contributed by atoms with Gasteiger partial charge in [0.2, 0.25) is 0 Å². The van der Waals surface area contributed by atoms with Gasteiger partial charge in [0.25, 0.3) is 5.69 Å². The van der Waals surface area contributed by atoms with E-state index in [0.717, 1.165) is 44.3 Å². The molecule has 1 saturated carbocycles. The van der Waals surface area contributed by atoms with Gasteiger partial charge in [-0.05, 0) is 37.2 Å². The van der Waals surface area contributed by atoms with Crippen molar-refractivity contribution in [2.24, 2.45) is 11.7 Å². The van der Waals surface area contributed by atoms with Crippen LogP contribution in [0.15, 0.2) is 24.3 Å². The Bertz CT molecular complexity index is 479. The highest BCUT2D eigenvalue weighted by Gasteiger charge is 2.24. The van der Waals surface area contributed by atoms with Crippen LogP contribution < -0.4 is 5.73 Å². The Morgan fingerprint density at radius 1 is 1.23 bits per heavy atom. The van der Waals surface area contributed by atoms with E-state index in [0.29, 0.717) is 18.0 Å². The first-order valence-corrected chi connectivity index (χ1v) is 8.18. The van der Waals surface area contributed by atoms with Gasteiger partial charge in [-0.25, -0.2) is 0 Å². The molecule has 0 radical (unpaired) electrons. The number of nitro groups is 1. The molecule has 122 valence electrons. The molecule has 0 saturated heterocycles. The van der Waals surface area contributed by atoms with Crippen LogP contribution in [0.4, 0.5) is 5.69 Å². The highest BCUT2D eigenvalue weighted by Crippen LogP contribution is 2.25. The topological polar surface area (TPSA) is 72.4 Å². The Morgan fingerprint density at radius 3 is 2.32 bits per heavy atom. The lowest BCUT2D eigenvalue weighted by Crippen LogP contribution is -2.42. The summed E-state index contributed by atoms with van der Waals surface area (Å²) in [7, 11) is 0. The molecule has 0 amide bonds. The molecule has 0 bridgehead atoms. The zero-order valence-corrected chi connectivity index (χ0v) is 13.6. The Labute approximate surface area is 132 Å². The van der Waals surface area contributed by atoms with E-state index in [1.54, 1.807) is 12.1 Å². The lowest BCUT2D eigenvalue weighted by molar-refractivity contribution is -0.384. The minimum Gasteiger partial charge on any atom is -0.328 e. The molecule has 1 aliphatic carbocycles. The lowest BCUT2D eigenvalue weighted by Gasteiger charge is -2.37. The van der Waals surface area contributed by atoms with Crippen LogP contribution in [-0.2, 0) is 6.54 Å². The third-order valence-corrected chi connectivity index (χ3v) is 4.39. The summed E-state index contributed by atoms with van der Waals surface area (Å²) in [6.07, 6.45) is 4.50. The maximum Gasteiger partial charge on any atom is 0.269 e. The van der Waals surface area contributed by atoms with E-state index >= 15 is 0 Å². The number of hydrogen-bond acceptors (Lipinski definition) is 4. The molecule has 1 aliphatic rings. The fourth-order valence-electron chi connectivity index (χ4n) is 3.24. The number of hydrogen-bond donors (Lipinski definition) is 1. The zero-order valence-electron chi connectivity index (χ0n) is 13.6. The molecule has 0 spiro atoms. The van der Waals surface area contributed by atoms with Crippen LogP contribution in [0, 0.1) is 16.0 Å². The van der Waals surface area contributed by atoms with Crippen LogP contribution in [0.2, 0.25) is 0 Å². The van der Waals surface area contributed by atoms with E-state index in [-0.39, 0.29) is 10.6 Å². The van der Waals surface area contributed by atoms with Gasteiger partial charge in [-0.15, -0.1) is 0 Å². The highest BCUT2D eigenvalue weighted by molar-refractivity contribution is 5.32. The van der Waals surface area contributed by atoms with E-state index in [1.165, 1.54) is 0 Å². The molecule has 1 fully saturated rings. The summed E-state index contributed by atoms with van der Waals surface area (Å²) in [6.45, 7) is 6.38. The van der Waals surface area contributed by atoms with Gasteiger partial charge in [-0.2, -0.15) is 0 Å². The summed E-state index contributed by atoms with van der Waals surface area (Å²) in [5.41, 5.74) is 7.31. The monoisotopic (exact) mass is 305 g/mol. The normalized spacial score (nSPS) is 22.2. The molecule has 5 nitrogen and oxygen atoms in total. The minimum atomic E-state index is -0.349. The van der Waals surface area contributed by atoms with Crippen LogP contribution in [0.25, 0.3) is 0 Å². The number of benzene rings is 1. The van der Waals surface area contributed by atoms with Crippen molar-refractivity contribution in [3.8, 4) is 0 Å². The third-order valence-electron chi connectivity index (χ3n) is 4.39. The zero-order chi connectivity index (χ0) is 16.1. The van der Waals surface area contributed by atoms with Crippen molar-refractivity contribution in [2.45, 2.75) is 58.2 Å². The van der Waals surface area contributed by atoms with Crippen LogP contribution in [-0.4, -0.2) is 28.5 Å². The number of non-ortho nitro benzene ring substituents is 1. The molecule has 22 heavy (non-hydrogen) atoms. The fourth-order valence-corrected chi connectivity index (χ4v) is 3.24. The summed E-state index contributed by atoms with van der Waals surface area (Å²) in [4.78, 5) is 12.9. The van der Waals surface area contributed by atoms with Gasteiger partial charge < -0.3 is 5.73 Å². The molecule has 2 rings (SSSR count). The number of rotatable bonds is 6. The van der Waals surface area contributed by atoms with Crippen molar-refractivity contribution in [3.05, 3.63) is 39.9 Å². The van der Waals surface area contributed by atoms with E-state index in [1.807, 2.05) is 12.1 Å². The number of nitro benzene ring substituents is 1.